The zero-order chi connectivity index (χ0) is 19.5. The minimum atomic E-state index is -0.281. The summed E-state index contributed by atoms with van der Waals surface area (Å²) in [5.41, 5.74) is 3.98. The number of halogens is 1. The van der Waals surface area contributed by atoms with Crippen molar-refractivity contribution in [2.45, 2.75) is 6.61 Å². The van der Waals surface area contributed by atoms with Gasteiger partial charge in [0.2, 0.25) is 0 Å². The quantitative estimate of drug-likeness (QED) is 0.645. The van der Waals surface area contributed by atoms with Crippen molar-refractivity contribution in [3.05, 3.63) is 89.2 Å². The third-order valence-electron chi connectivity index (χ3n) is 4.52. The smallest absolute Gasteiger partial charge is 0.256 e. The van der Waals surface area contributed by atoms with Crippen molar-refractivity contribution in [1.82, 2.24) is 0 Å². The molecule has 1 amide bonds. The van der Waals surface area contributed by atoms with Crippen LogP contribution in [0.1, 0.15) is 16.7 Å². The average Bonchev–Trinajstić information content (AvgIpc) is 3.03. The van der Waals surface area contributed by atoms with Gasteiger partial charge in [-0.05, 0) is 47.5 Å². The minimum Gasteiger partial charge on any atom is -0.493 e. The van der Waals surface area contributed by atoms with Crippen molar-refractivity contribution in [3.63, 3.8) is 0 Å². The fraction of sp³-hybridized carbons (Fsp3) is 0.0870. The van der Waals surface area contributed by atoms with Gasteiger partial charge < -0.3 is 14.8 Å². The molecule has 1 N–H and O–H groups in total. The number of para-hydroxylation sites is 1. The molecule has 0 atom stereocenters. The van der Waals surface area contributed by atoms with Gasteiger partial charge in [-0.25, -0.2) is 4.39 Å². The lowest BCUT2D eigenvalue weighted by Gasteiger charge is -2.11. The zero-order valence-electron chi connectivity index (χ0n) is 15.2. The molecular weight excluding hydrogens is 357 g/mol. The molecule has 0 unspecified atom stereocenters. The van der Waals surface area contributed by atoms with Gasteiger partial charge in [-0.1, -0.05) is 36.4 Å². The first-order valence-corrected chi connectivity index (χ1v) is 8.82. The Balaban J connectivity index is 1.57. The van der Waals surface area contributed by atoms with Crippen LogP contribution >= 0.6 is 0 Å². The van der Waals surface area contributed by atoms with Crippen LogP contribution < -0.4 is 14.8 Å². The number of ether oxygens (including phenoxy) is 2. The molecule has 4 rings (SSSR count). The van der Waals surface area contributed by atoms with E-state index in [1.807, 2.05) is 42.5 Å². The second kappa shape index (κ2) is 7.56. The molecule has 0 saturated carbocycles. The molecule has 0 fully saturated rings. The molecule has 0 aromatic heterocycles. The van der Waals surface area contributed by atoms with Gasteiger partial charge in [-0.15, -0.1) is 0 Å². The van der Waals surface area contributed by atoms with Gasteiger partial charge in [0.1, 0.15) is 12.4 Å². The van der Waals surface area contributed by atoms with Gasteiger partial charge in [-0.3, -0.25) is 4.79 Å². The SMILES string of the molecule is COc1cc(/C=C2/C(=O)Nc3ccccc32)ccc1OCc1ccc(F)cc1. The molecule has 0 spiro atoms. The summed E-state index contributed by atoms with van der Waals surface area (Å²) >= 11 is 0. The number of carbonyl (C=O) groups excluding carboxylic acids is 1. The highest BCUT2D eigenvalue weighted by atomic mass is 19.1. The van der Waals surface area contributed by atoms with Crippen LogP contribution in [0.4, 0.5) is 10.1 Å². The van der Waals surface area contributed by atoms with Gasteiger partial charge in [0.05, 0.1) is 7.11 Å². The first kappa shape index (κ1) is 17.8. The standard InChI is InChI=1S/C23H18FNO3/c1-27-22-13-16(12-19-18-4-2-3-5-20(18)25-23(19)26)8-11-21(22)28-14-15-6-9-17(24)10-7-15/h2-13H,14H2,1H3,(H,25,26)/b19-12+. The Bertz CT molecular complexity index is 1060. The van der Waals surface area contributed by atoms with E-state index >= 15 is 0 Å². The molecule has 1 aliphatic rings. The number of benzene rings is 3. The largest absolute Gasteiger partial charge is 0.493 e. The van der Waals surface area contributed by atoms with E-state index in [1.54, 1.807) is 25.3 Å². The first-order valence-electron chi connectivity index (χ1n) is 8.82. The number of methoxy groups -OCH3 is 1. The molecule has 0 saturated heterocycles. The number of amides is 1. The summed E-state index contributed by atoms with van der Waals surface area (Å²) in [5, 5.41) is 2.86. The second-order valence-electron chi connectivity index (χ2n) is 6.38. The number of hydrogen-bond donors (Lipinski definition) is 1. The van der Waals surface area contributed by atoms with Gasteiger partial charge in [-0.2, -0.15) is 0 Å². The Hall–Kier alpha value is -3.60. The van der Waals surface area contributed by atoms with E-state index in [1.165, 1.54) is 12.1 Å². The maximum Gasteiger partial charge on any atom is 0.256 e. The molecule has 1 heterocycles. The Morgan fingerprint density at radius 3 is 2.57 bits per heavy atom. The van der Waals surface area contributed by atoms with Crippen molar-refractivity contribution in [1.29, 1.82) is 0 Å². The van der Waals surface area contributed by atoms with E-state index in [4.69, 9.17) is 9.47 Å². The lowest BCUT2D eigenvalue weighted by molar-refractivity contribution is -0.110. The first-order chi connectivity index (χ1) is 13.6. The van der Waals surface area contributed by atoms with Crippen LogP contribution in [0, 0.1) is 5.82 Å². The zero-order valence-corrected chi connectivity index (χ0v) is 15.2. The molecular formula is C23H18FNO3. The predicted octanol–water partition coefficient (Wildman–Crippen LogP) is 4.91. The highest BCUT2D eigenvalue weighted by molar-refractivity contribution is 6.34. The van der Waals surface area contributed by atoms with E-state index in [2.05, 4.69) is 5.32 Å². The van der Waals surface area contributed by atoms with E-state index in [-0.39, 0.29) is 11.7 Å². The topological polar surface area (TPSA) is 47.6 Å². The molecule has 0 aliphatic carbocycles. The van der Waals surface area contributed by atoms with Crippen molar-refractivity contribution in [2.75, 3.05) is 12.4 Å². The third-order valence-corrected chi connectivity index (χ3v) is 4.52. The van der Waals surface area contributed by atoms with Crippen LogP contribution in [-0.2, 0) is 11.4 Å². The fourth-order valence-electron chi connectivity index (χ4n) is 3.08. The normalized spacial score (nSPS) is 13.9. The summed E-state index contributed by atoms with van der Waals surface area (Å²) in [5.74, 6) is 0.724. The molecule has 1 aliphatic heterocycles. The second-order valence-corrected chi connectivity index (χ2v) is 6.38. The van der Waals surface area contributed by atoms with E-state index in [9.17, 15) is 9.18 Å². The molecule has 0 radical (unpaired) electrons. The van der Waals surface area contributed by atoms with Crippen LogP contribution in [0.5, 0.6) is 11.5 Å². The molecule has 140 valence electrons. The molecule has 28 heavy (non-hydrogen) atoms. The maximum atomic E-state index is 13.0. The van der Waals surface area contributed by atoms with Crippen LogP contribution in [0.25, 0.3) is 11.6 Å². The Morgan fingerprint density at radius 2 is 1.79 bits per heavy atom. The molecule has 4 nitrogen and oxygen atoms in total. The number of carbonyl (C=O) groups is 1. The number of rotatable bonds is 5. The average molecular weight is 375 g/mol. The molecule has 5 heteroatoms. The summed E-state index contributed by atoms with van der Waals surface area (Å²) in [6.45, 7) is 0.298. The van der Waals surface area contributed by atoms with Crippen molar-refractivity contribution in [2.24, 2.45) is 0 Å². The van der Waals surface area contributed by atoms with Gasteiger partial charge in [0.15, 0.2) is 11.5 Å². The van der Waals surface area contributed by atoms with Gasteiger partial charge >= 0.3 is 0 Å². The highest BCUT2D eigenvalue weighted by Gasteiger charge is 2.23. The minimum absolute atomic E-state index is 0.128. The summed E-state index contributed by atoms with van der Waals surface area (Å²) < 4.78 is 24.3. The number of anilines is 1. The molecule has 3 aromatic rings. The Morgan fingerprint density at radius 1 is 1.00 bits per heavy atom. The number of hydrogen-bond acceptors (Lipinski definition) is 3. The third kappa shape index (κ3) is 3.60. The van der Waals surface area contributed by atoms with Crippen molar-refractivity contribution in [3.8, 4) is 11.5 Å². The van der Waals surface area contributed by atoms with Crippen LogP contribution in [0.3, 0.4) is 0 Å². The number of nitrogens with one attached hydrogen (secondary N) is 1. The monoisotopic (exact) mass is 375 g/mol. The lowest BCUT2D eigenvalue weighted by Crippen LogP contribution is -2.03. The Kier molecular flexibility index (Phi) is 4.81. The summed E-state index contributed by atoms with van der Waals surface area (Å²) in [4.78, 5) is 12.3. The van der Waals surface area contributed by atoms with Gasteiger partial charge in [0.25, 0.3) is 5.91 Å². The highest BCUT2D eigenvalue weighted by Crippen LogP contribution is 2.35. The van der Waals surface area contributed by atoms with Crippen molar-refractivity contribution < 1.29 is 18.7 Å². The van der Waals surface area contributed by atoms with E-state index in [0.717, 1.165) is 22.4 Å². The van der Waals surface area contributed by atoms with E-state index < -0.39 is 0 Å². The van der Waals surface area contributed by atoms with Crippen LogP contribution in [0.15, 0.2) is 66.7 Å². The van der Waals surface area contributed by atoms with Crippen LogP contribution in [0.2, 0.25) is 0 Å². The van der Waals surface area contributed by atoms with Crippen LogP contribution in [-0.4, -0.2) is 13.0 Å². The maximum absolute atomic E-state index is 13.0. The summed E-state index contributed by atoms with van der Waals surface area (Å²) in [6, 6.07) is 19.2. The van der Waals surface area contributed by atoms with Crippen molar-refractivity contribution >= 4 is 23.2 Å². The predicted molar refractivity (Wildman–Crippen MR) is 107 cm³/mol. The Labute approximate surface area is 162 Å². The van der Waals surface area contributed by atoms with E-state index in [0.29, 0.717) is 23.7 Å². The summed E-state index contributed by atoms with van der Waals surface area (Å²) in [6.07, 6.45) is 1.83. The lowest BCUT2D eigenvalue weighted by atomic mass is 10.0. The van der Waals surface area contributed by atoms with Gasteiger partial charge in [0, 0.05) is 16.8 Å². The molecule has 0 bridgehead atoms. The molecule has 3 aromatic carbocycles. The summed E-state index contributed by atoms with van der Waals surface area (Å²) in [7, 11) is 1.56. The number of fused-ring (bicyclic) bond motifs is 1. The fourth-order valence-corrected chi connectivity index (χ4v) is 3.08.